The van der Waals surface area contributed by atoms with Gasteiger partial charge in [0.05, 0.1) is 10.5 Å². The van der Waals surface area contributed by atoms with Crippen molar-refractivity contribution >= 4 is 27.3 Å². The summed E-state index contributed by atoms with van der Waals surface area (Å²) in [6.07, 6.45) is 1.38. The van der Waals surface area contributed by atoms with Gasteiger partial charge < -0.3 is 9.73 Å². The Bertz CT molecular complexity index is 1020. The summed E-state index contributed by atoms with van der Waals surface area (Å²) in [7, 11) is -3.66. The first-order valence-corrected chi connectivity index (χ1v) is 9.38. The molecule has 0 fully saturated rings. The highest BCUT2D eigenvalue weighted by molar-refractivity contribution is 7.92. The lowest BCUT2D eigenvalue weighted by molar-refractivity contribution is 0.102. The van der Waals surface area contributed by atoms with Crippen LogP contribution in [0.4, 0.5) is 11.4 Å². The molecule has 0 saturated heterocycles. The topological polar surface area (TPSA) is 88.4 Å². The number of amides is 1. The summed E-state index contributed by atoms with van der Waals surface area (Å²) in [4.78, 5) is 12.3. The van der Waals surface area contributed by atoms with E-state index in [1.165, 1.54) is 6.26 Å². The lowest BCUT2D eigenvalue weighted by atomic mass is 10.2. The van der Waals surface area contributed by atoms with Crippen molar-refractivity contribution in [3.05, 3.63) is 77.7 Å². The molecule has 0 saturated carbocycles. The fourth-order valence-corrected chi connectivity index (χ4v) is 3.38. The van der Waals surface area contributed by atoms with Gasteiger partial charge in [0.15, 0.2) is 0 Å². The van der Waals surface area contributed by atoms with Gasteiger partial charge >= 0.3 is 0 Å². The molecule has 2 aromatic carbocycles. The van der Waals surface area contributed by atoms with E-state index in [1.807, 2.05) is 6.92 Å². The van der Waals surface area contributed by atoms with Crippen molar-refractivity contribution in [3.8, 4) is 0 Å². The van der Waals surface area contributed by atoms with E-state index >= 15 is 0 Å². The van der Waals surface area contributed by atoms with E-state index in [1.54, 1.807) is 61.5 Å². The third-order valence-electron chi connectivity index (χ3n) is 3.72. The second kappa shape index (κ2) is 7.05. The zero-order valence-electron chi connectivity index (χ0n) is 14.3. The maximum Gasteiger partial charge on any atom is 0.261 e. The number of hydrogen-bond donors (Lipinski definition) is 2. The molecule has 0 atom stereocenters. The Morgan fingerprint density at radius 3 is 2.12 bits per heavy atom. The molecule has 0 bridgehead atoms. The van der Waals surface area contributed by atoms with Crippen LogP contribution in [0.2, 0.25) is 0 Å². The summed E-state index contributed by atoms with van der Waals surface area (Å²) < 4.78 is 32.4. The summed E-state index contributed by atoms with van der Waals surface area (Å²) in [5, 5.41) is 2.72. The molecule has 0 radical (unpaired) electrons. The van der Waals surface area contributed by atoms with Crippen molar-refractivity contribution in [1.29, 1.82) is 0 Å². The van der Waals surface area contributed by atoms with Crippen molar-refractivity contribution in [2.75, 3.05) is 10.0 Å². The Labute approximate surface area is 151 Å². The first-order valence-electron chi connectivity index (χ1n) is 7.89. The van der Waals surface area contributed by atoms with Crippen molar-refractivity contribution < 1.29 is 17.6 Å². The zero-order chi connectivity index (χ0) is 18.7. The summed E-state index contributed by atoms with van der Waals surface area (Å²) in [5.74, 6) is 0.353. The van der Waals surface area contributed by atoms with Gasteiger partial charge in [0.2, 0.25) is 0 Å². The zero-order valence-corrected chi connectivity index (χ0v) is 15.1. The Hall–Kier alpha value is -3.06. The van der Waals surface area contributed by atoms with Crippen LogP contribution in [0.25, 0.3) is 0 Å². The standard InChI is InChI=1S/C19H18N2O4S/c1-13-3-9-18(10-4-13)26(23,24)21-17-7-5-16(6-8-17)20-19(22)15-11-14(2)25-12-15/h3-12,21H,1-2H3,(H,20,22). The van der Waals surface area contributed by atoms with E-state index < -0.39 is 10.0 Å². The smallest absolute Gasteiger partial charge is 0.261 e. The van der Waals surface area contributed by atoms with Crippen LogP contribution in [0.15, 0.2) is 70.2 Å². The average Bonchev–Trinajstić information content (AvgIpc) is 3.03. The van der Waals surface area contributed by atoms with Gasteiger partial charge in [0.1, 0.15) is 12.0 Å². The maximum absolute atomic E-state index is 12.4. The number of carbonyl (C=O) groups is 1. The third-order valence-corrected chi connectivity index (χ3v) is 5.12. The lowest BCUT2D eigenvalue weighted by Gasteiger charge is -2.09. The largest absolute Gasteiger partial charge is 0.469 e. The molecule has 0 unspecified atom stereocenters. The van der Waals surface area contributed by atoms with Gasteiger partial charge in [0.25, 0.3) is 15.9 Å². The molecule has 26 heavy (non-hydrogen) atoms. The summed E-state index contributed by atoms with van der Waals surface area (Å²) in [6, 6.07) is 14.6. The van der Waals surface area contributed by atoms with Gasteiger partial charge in [-0.25, -0.2) is 8.42 Å². The van der Waals surface area contributed by atoms with Crippen LogP contribution in [-0.4, -0.2) is 14.3 Å². The van der Waals surface area contributed by atoms with Crippen LogP contribution in [0, 0.1) is 13.8 Å². The summed E-state index contributed by atoms with van der Waals surface area (Å²) in [6.45, 7) is 3.65. The molecule has 0 aliphatic rings. The van der Waals surface area contributed by atoms with E-state index in [0.717, 1.165) is 5.56 Å². The van der Waals surface area contributed by atoms with Crippen LogP contribution >= 0.6 is 0 Å². The molecule has 2 N–H and O–H groups in total. The van der Waals surface area contributed by atoms with Crippen LogP contribution in [0.1, 0.15) is 21.7 Å². The molecular formula is C19H18N2O4S. The van der Waals surface area contributed by atoms with Gasteiger partial charge in [0, 0.05) is 11.4 Å². The van der Waals surface area contributed by atoms with Crippen molar-refractivity contribution in [2.45, 2.75) is 18.7 Å². The first kappa shape index (κ1) is 17.8. The number of furan rings is 1. The molecule has 3 aromatic rings. The molecule has 0 aliphatic carbocycles. The van der Waals surface area contributed by atoms with E-state index in [-0.39, 0.29) is 10.8 Å². The summed E-state index contributed by atoms with van der Waals surface area (Å²) in [5.41, 5.74) is 2.36. The minimum absolute atomic E-state index is 0.191. The molecule has 0 spiro atoms. The number of benzene rings is 2. The highest BCUT2D eigenvalue weighted by Crippen LogP contribution is 2.19. The molecule has 1 aromatic heterocycles. The van der Waals surface area contributed by atoms with Crippen LogP contribution in [0.3, 0.4) is 0 Å². The van der Waals surface area contributed by atoms with Gasteiger partial charge in [-0.15, -0.1) is 0 Å². The minimum atomic E-state index is -3.66. The number of aryl methyl sites for hydroxylation is 2. The number of carbonyl (C=O) groups excluding carboxylic acids is 1. The predicted octanol–water partition coefficient (Wildman–Crippen LogP) is 3.95. The second-order valence-electron chi connectivity index (χ2n) is 5.90. The number of anilines is 2. The Morgan fingerprint density at radius 2 is 1.54 bits per heavy atom. The number of hydrogen-bond acceptors (Lipinski definition) is 4. The summed E-state index contributed by atoms with van der Waals surface area (Å²) >= 11 is 0. The van der Waals surface area contributed by atoms with E-state index in [4.69, 9.17) is 4.42 Å². The molecule has 6 nitrogen and oxygen atoms in total. The van der Waals surface area contributed by atoms with Gasteiger partial charge in [-0.2, -0.15) is 0 Å². The minimum Gasteiger partial charge on any atom is -0.469 e. The Morgan fingerprint density at radius 1 is 0.923 bits per heavy atom. The number of rotatable bonds is 5. The normalized spacial score (nSPS) is 11.2. The first-order chi connectivity index (χ1) is 12.3. The molecule has 1 heterocycles. The van der Waals surface area contributed by atoms with E-state index in [0.29, 0.717) is 22.7 Å². The fourth-order valence-electron chi connectivity index (χ4n) is 2.32. The molecular weight excluding hydrogens is 352 g/mol. The SMILES string of the molecule is Cc1ccc(S(=O)(=O)Nc2ccc(NC(=O)c3coc(C)c3)cc2)cc1. The monoisotopic (exact) mass is 370 g/mol. The number of sulfonamides is 1. The second-order valence-corrected chi connectivity index (χ2v) is 7.58. The van der Waals surface area contributed by atoms with Crippen molar-refractivity contribution in [2.24, 2.45) is 0 Å². The molecule has 1 amide bonds. The quantitative estimate of drug-likeness (QED) is 0.712. The van der Waals surface area contributed by atoms with Crippen LogP contribution < -0.4 is 10.0 Å². The highest BCUT2D eigenvalue weighted by atomic mass is 32.2. The van der Waals surface area contributed by atoms with Crippen LogP contribution in [0.5, 0.6) is 0 Å². The predicted molar refractivity (Wildman–Crippen MR) is 99.8 cm³/mol. The van der Waals surface area contributed by atoms with Gasteiger partial charge in [-0.05, 0) is 56.3 Å². The van der Waals surface area contributed by atoms with Gasteiger partial charge in [-0.1, -0.05) is 17.7 Å². The molecule has 7 heteroatoms. The van der Waals surface area contributed by atoms with Crippen molar-refractivity contribution in [3.63, 3.8) is 0 Å². The van der Waals surface area contributed by atoms with Gasteiger partial charge in [-0.3, -0.25) is 9.52 Å². The fraction of sp³-hybridized carbons (Fsp3) is 0.105. The van der Waals surface area contributed by atoms with E-state index in [9.17, 15) is 13.2 Å². The van der Waals surface area contributed by atoms with Crippen LogP contribution in [-0.2, 0) is 10.0 Å². The lowest BCUT2D eigenvalue weighted by Crippen LogP contribution is -2.13. The third kappa shape index (κ3) is 4.12. The molecule has 3 rings (SSSR count). The average molecular weight is 370 g/mol. The maximum atomic E-state index is 12.4. The Balaban J connectivity index is 1.69. The number of nitrogens with one attached hydrogen (secondary N) is 2. The van der Waals surface area contributed by atoms with E-state index in [2.05, 4.69) is 10.0 Å². The molecule has 134 valence electrons. The van der Waals surface area contributed by atoms with Crippen molar-refractivity contribution in [1.82, 2.24) is 0 Å². The Kier molecular flexibility index (Phi) is 4.81. The molecule has 0 aliphatic heterocycles. The highest BCUT2D eigenvalue weighted by Gasteiger charge is 2.14.